The van der Waals surface area contributed by atoms with Gasteiger partial charge >= 0.3 is 5.97 Å². The van der Waals surface area contributed by atoms with Crippen molar-refractivity contribution in [1.82, 2.24) is 9.88 Å². The van der Waals surface area contributed by atoms with Gasteiger partial charge in [-0.25, -0.2) is 0 Å². The summed E-state index contributed by atoms with van der Waals surface area (Å²) < 4.78 is 10.6. The summed E-state index contributed by atoms with van der Waals surface area (Å²) in [6, 6.07) is 15.9. The second kappa shape index (κ2) is 14.3. The maximum atomic E-state index is 11.4. The number of hydrogen-bond acceptors (Lipinski definition) is 6. The first-order chi connectivity index (χ1) is 19.0. The largest absolute Gasteiger partial charge is 0.497 e. The van der Waals surface area contributed by atoms with Crippen molar-refractivity contribution in [1.29, 1.82) is 0 Å². The van der Waals surface area contributed by atoms with E-state index in [4.69, 9.17) is 9.47 Å². The number of unbranched alkanes of at least 4 members (excludes halogenated alkanes) is 1. The first-order valence-electron chi connectivity index (χ1n) is 14.1. The number of aliphatic hydroxyl groups is 1. The molecule has 3 aromatic rings. The van der Waals surface area contributed by atoms with Crippen LogP contribution in [-0.4, -0.2) is 59.9 Å². The Morgan fingerprint density at radius 1 is 1.03 bits per heavy atom. The van der Waals surface area contributed by atoms with Crippen LogP contribution in [0.4, 0.5) is 0 Å². The summed E-state index contributed by atoms with van der Waals surface area (Å²) in [5, 5.41) is 21.4. The Morgan fingerprint density at radius 2 is 1.79 bits per heavy atom. The summed E-state index contributed by atoms with van der Waals surface area (Å²) in [4.78, 5) is 18.3. The number of pyridine rings is 1. The van der Waals surface area contributed by atoms with E-state index in [-0.39, 0.29) is 6.42 Å². The fourth-order valence-corrected chi connectivity index (χ4v) is 5.92. The minimum atomic E-state index is -0.734. The monoisotopic (exact) mass is 534 g/mol. The lowest BCUT2D eigenvalue weighted by molar-refractivity contribution is -0.137. The summed E-state index contributed by atoms with van der Waals surface area (Å²) in [7, 11) is 3.32. The van der Waals surface area contributed by atoms with Crippen LogP contribution in [0.15, 0.2) is 54.7 Å². The van der Waals surface area contributed by atoms with Gasteiger partial charge in [-0.05, 0) is 117 Å². The van der Waals surface area contributed by atoms with E-state index in [1.165, 1.54) is 5.56 Å². The number of likely N-dealkylation sites (tertiary alicyclic amines) is 1. The Labute approximate surface area is 231 Å². The molecule has 7 nitrogen and oxygen atoms in total. The highest BCUT2D eigenvalue weighted by Crippen LogP contribution is 2.35. The van der Waals surface area contributed by atoms with Crippen molar-refractivity contribution in [2.24, 2.45) is 11.8 Å². The minimum absolute atomic E-state index is 0.198. The molecule has 2 aromatic carbocycles. The van der Waals surface area contributed by atoms with Crippen LogP contribution in [-0.2, 0) is 11.2 Å². The lowest BCUT2D eigenvalue weighted by Crippen LogP contribution is -2.41. The van der Waals surface area contributed by atoms with Gasteiger partial charge in [0, 0.05) is 24.5 Å². The molecule has 39 heavy (non-hydrogen) atoms. The molecular formula is C32H42N2O5. The van der Waals surface area contributed by atoms with Crippen LogP contribution in [0.5, 0.6) is 11.5 Å². The number of hydrogen-bond donors (Lipinski definition) is 2. The number of nitrogens with zero attached hydrogens (tertiary/aromatic N) is 2. The van der Waals surface area contributed by atoms with Crippen molar-refractivity contribution in [2.45, 2.75) is 57.5 Å². The molecule has 1 aliphatic rings. The standard InChI is InChI=1S/C32H42N2O5/c1-38-26-10-6-23(7-11-26)5-3-4-19-34-20-17-24(25(22-34)9-15-32(36)37)8-14-31(35)28-16-18-33-30-13-12-27(39-2)21-29(28)30/h6-7,10-13,16,18,21,24-25,31,35H,3-5,8-9,14-15,17,19-20,22H2,1-2H3,(H,36,37)/t24-,25-,31-/m1/s1. The lowest BCUT2D eigenvalue weighted by atomic mass is 9.79. The van der Waals surface area contributed by atoms with Crippen LogP contribution in [0.2, 0.25) is 0 Å². The number of aromatic nitrogens is 1. The number of aliphatic hydroxyl groups excluding tert-OH is 1. The molecule has 0 amide bonds. The first-order valence-corrected chi connectivity index (χ1v) is 14.1. The molecule has 2 N–H and O–H groups in total. The number of piperidine rings is 1. The zero-order valence-corrected chi connectivity index (χ0v) is 23.2. The number of methoxy groups -OCH3 is 2. The van der Waals surface area contributed by atoms with Crippen LogP contribution in [0.3, 0.4) is 0 Å². The van der Waals surface area contributed by atoms with Crippen molar-refractivity contribution in [3.8, 4) is 11.5 Å². The Bertz CT molecular complexity index is 1200. The zero-order chi connectivity index (χ0) is 27.6. The van der Waals surface area contributed by atoms with Gasteiger partial charge in [-0.15, -0.1) is 0 Å². The maximum Gasteiger partial charge on any atom is 0.303 e. The van der Waals surface area contributed by atoms with Crippen LogP contribution in [0.1, 0.15) is 62.2 Å². The Hall–Kier alpha value is -3.16. The van der Waals surface area contributed by atoms with Crippen molar-refractivity contribution in [3.05, 3.63) is 65.9 Å². The third-order valence-electron chi connectivity index (χ3n) is 8.21. The molecule has 1 aromatic heterocycles. The number of ether oxygens (including phenoxy) is 2. The van der Waals surface area contributed by atoms with Gasteiger partial charge in [0.2, 0.25) is 0 Å². The summed E-state index contributed by atoms with van der Waals surface area (Å²) >= 11 is 0. The second-order valence-electron chi connectivity index (χ2n) is 10.7. The number of fused-ring (bicyclic) bond motifs is 1. The zero-order valence-electron chi connectivity index (χ0n) is 23.2. The topological polar surface area (TPSA) is 92.1 Å². The van der Waals surface area contributed by atoms with Crippen molar-refractivity contribution < 1.29 is 24.5 Å². The fraction of sp³-hybridized carbons (Fsp3) is 0.500. The van der Waals surface area contributed by atoms with Crippen molar-refractivity contribution in [2.75, 3.05) is 33.9 Å². The molecule has 7 heteroatoms. The van der Waals surface area contributed by atoms with Gasteiger partial charge in [-0.2, -0.15) is 0 Å². The van der Waals surface area contributed by atoms with Crippen LogP contribution in [0, 0.1) is 11.8 Å². The fourth-order valence-electron chi connectivity index (χ4n) is 5.92. The third kappa shape index (κ3) is 8.16. The number of carboxylic acid groups (broad SMARTS) is 1. The third-order valence-corrected chi connectivity index (χ3v) is 8.21. The molecule has 210 valence electrons. The normalized spacial score (nSPS) is 18.6. The molecule has 0 unspecified atom stereocenters. The van der Waals surface area contributed by atoms with Gasteiger partial charge in [-0.3, -0.25) is 9.78 Å². The van der Waals surface area contributed by atoms with Crippen molar-refractivity contribution in [3.63, 3.8) is 0 Å². The highest BCUT2D eigenvalue weighted by atomic mass is 16.5. The molecule has 4 rings (SSSR count). The highest BCUT2D eigenvalue weighted by molar-refractivity contribution is 5.83. The Balaban J connectivity index is 1.30. The SMILES string of the molecule is COc1ccc(CCCCN2CC[C@@H](CC[C@@H](O)c3ccnc4ccc(OC)cc34)[C@H](CCC(=O)O)C2)cc1. The minimum Gasteiger partial charge on any atom is -0.497 e. The maximum absolute atomic E-state index is 11.4. The molecule has 3 atom stereocenters. The molecule has 1 saturated heterocycles. The Kier molecular flexibility index (Phi) is 10.6. The van der Waals surface area contributed by atoms with Gasteiger partial charge < -0.3 is 24.6 Å². The van der Waals surface area contributed by atoms with Gasteiger partial charge in [0.05, 0.1) is 25.8 Å². The molecule has 0 bridgehead atoms. The number of benzene rings is 2. The van der Waals surface area contributed by atoms with Crippen LogP contribution >= 0.6 is 0 Å². The van der Waals surface area contributed by atoms with Crippen LogP contribution < -0.4 is 9.47 Å². The second-order valence-corrected chi connectivity index (χ2v) is 10.7. The molecular weight excluding hydrogens is 492 g/mol. The number of rotatable bonds is 14. The molecule has 0 spiro atoms. The predicted octanol–water partition coefficient (Wildman–Crippen LogP) is 5.89. The summed E-state index contributed by atoms with van der Waals surface area (Å²) in [5.41, 5.74) is 3.04. The smallest absolute Gasteiger partial charge is 0.303 e. The molecule has 1 aliphatic heterocycles. The van der Waals surface area contributed by atoms with Gasteiger partial charge in [0.15, 0.2) is 0 Å². The highest BCUT2D eigenvalue weighted by Gasteiger charge is 2.30. The van der Waals surface area contributed by atoms with E-state index >= 15 is 0 Å². The van der Waals surface area contributed by atoms with Gasteiger partial charge in [0.1, 0.15) is 11.5 Å². The summed E-state index contributed by atoms with van der Waals surface area (Å²) in [5.74, 6) is 1.64. The quantitative estimate of drug-likeness (QED) is 0.249. The number of carbonyl (C=O) groups is 1. The van der Waals surface area contributed by atoms with Crippen molar-refractivity contribution >= 4 is 16.9 Å². The molecule has 0 aliphatic carbocycles. The van der Waals surface area contributed by atoms with E-state index in [1.807, 2.05) is 36.4 Å². The van der Waals surface area contributed by atoms with E-state index < -0.39 is 12.1 Å². The molecule has 0 saturated carbocycles. The molecule has 1 fully saturated rings. The number of carboxylic acids is 1. The number of aryl methyl sites for hydroxylation is 1. The van der Waals surface area contributed by atoms with E-state index in [2.05, 4.69) is 22.0 Å². The average Bonchev–Trinajstić information content (AvgIpc) is 2.97. The lowest BCUT2D eigenvalue weighted by Gasteiger charge is -2.39. The van der Waals surface area contributed by atoms with E-state index in [9.17, 15) is 15.0 Å². The summed E-state index contributed by atoms with van der Waals surface area (Å²) in [6.07, 6.45) is 7.91. The molecule has 0 radical (unpaired) electrons. The first kappa shape index (κ1) is 28.8. The van der Waals surface area contributed by atoms with Gasteiger partial charge in [-0.1, -0.05) is 12.1 Å². The molecule has 2 heterocycles. The Morgan fingerprint density at radius 3 is 2.54 bits per heavy atom. The summed E-state index contributed by atoms with van der Waals surface area (Å²) in [6.45, 7) is 3.01. The number of aliphatic carboxylic acids is 1. The average molecular weight is 535 g/mol. The van der Waals surface area contributed by atoms with Crippen LogP contribution in [0.25, 0.3) is 10.9 Å². The van der Waals surface area contributed by atoms with Gasteiger partial charge in [0.25, 0.3) is 0 Å². The predicted molar refractivity (Wildman–Crippen MR) is 153 cm³/mol. The van der Waals surface area contributed by atoms with E-state index in [1.54, 1.807) is 20.4 Å². The van der Waals surface area contributed by atoms with E-state index in [0.717, 1.165) is 79.7 Å². The van der Waals surface area contributed by atoms with E-state index in [0.29, 0.717) is 24.7 Å².